The number of unbranched alkanes of at least 4 members (excludes halogenated alkanes) is 1. The molecule has 0 bridgehead atoms. The molecule has 3 amide bonds. The maximum Gasteiger partial charge on any atom is 0.245 e. The van der Waals surface area contributed by atoms with Crippen LogP contribution in [0, 0.1) is 5.92 Å². The number of carbonyl (C=O) groups excluding carboxylic acids is 3. The molecular formula is C26H48N4O4Si. The summed E-state index contributed by atoms with van der Waals surface area (Å²) in [5.74, 6) is -0.00548. The number of hydrogen-bond acceptors (Lipinski definition) is 5. The third-order valence-corrected chi connectivity index (χ3v) is 12.9. The van der Waals surface area contributed by atoms with Crippen molar-refractivity contribution in [3.63, 3.8) is 0 Å². The van der Waals surface area contributed by atoms with E-state index in [1.807, 2.05) is 4.90 Å². The first kappa shape index (κ1) is 28.1. The van der Waals surface area contributed by atoms with Crippen LogP contribution in [0.4, 0.5) is 0 Å². The molecule has 0 aliphatic carbocycles. The first-order valence-electron chi connectivity index (χ1n) is 13.6. The number of rotatable bonds is 9. The van der Waals surface area contributed by atoms with Crippen molar-refractivity contribution in [1.82, 2.24) is 20.4 Å². The van der Waals surface area contributed by atoms with E-state index in [-0.39, 0.29) is 46.8 Å². The SMILES string of the molecule is CCCCNC(=O)[C@H]1[C@@H]2[C@@H](CO[Si](C)(C)C(C)(C)C)N2C(=O)[C@H](CC(C)C)NC(=O)[C@@H]2CCCN21. The summed E-state index contributed by atoms with van der Waals surface area (Å²) in [6.45, 7) is 19.0. The number of hydrogen-bond donors (Lipinski definition) is 2. The van der Waals surface area contributed by atoms with Gasteiger partial charge in [-0.05, 0) is 56.3 Å². The summed E-state index contributed by atoms with van der Waals surface area (Å²) in [6, 6.07) is -1.88. The topological polar surface area (TPSA) is 90.7 Å². The van der Waals surface area contributed by atoms with Crippen LogP contribution in [0.2, 0.25) is 18.1 Å². The molecule has 8 nitrogen and oxygen atoms in total. The summed E-state index contributed by atoms with van der Waals surface area (Å²) >= 11 is 0. The van der Waals surface area contributed by atoms with E-state index in [0.717, 1.165) is 19.3 Å². The average molecular weight is 509 g/mol. The lowest BCUT2D eigenvalue weighted by atomic mass is 10.0. The number of nitrogens with zero attached hydrogens (tertiary/aromatic N) is 2. The predicted octanol–water partition coefficient (Wildman–Crippen LogP) is 2.88. The smallest absolute Gasteiger partial charge is 0.245 e. The molecule has 0 unspecified atom stereocenters. The highest BCUT2D eigenvalue weighted by Crippen LogP contribution is 2.42. The average Bonchev–Trinajstić information content (AvgIpc) is 3.21. The van der Waals surface area contributed by atoms with E-state index in [1.54, 1.807) is 0 Å². The van der Waals surface area contributed by atoms with E-state index in [2.05, 4.69) is 70.2 Å². The highest BCUT2D eigenvalue weighted by molar-refractivity contribution is 6.74. The van der Waals surface area contributed by atoms with Crippen molar-refractivity contribution in [1.29, 1.82) is 0 Å². The van der Waals surface area contributed by atoms with Crippen molar-refractivity contribution in [2.45, 2.75) is 122 Å². The molecule has 0 spiro atoms. The van der Waals surface area contributed by atoms with Gasteiger partial charge in [0.25, 0.3) is 0 Å². The normalized spacial score (nSPS) is 29.7. The van der Waals surface area contributed by atoms with Crippen LogP contribution in [0.1, 0.15) is 73.6 Å². The number of nitrogens with one attached hydrogen (secondary N) is 2. The molecule has 3 aliphatic heterocycles. The van der Waals surface area contributed by atoms with Crippen LogP contribution in [-0.2, 0) is 18.8 Å². The maximum atomic E-state index is 13.8. The van der Waals surface area contributed by atoms with Crippen LogP contribution in [0.5, 0.6) is 0 Å². The molecule has 3 aliphatic rings. The number of fused-ring (bicyclic) bond motifs is 2. The number of carbonyl (C=O) groups is 3. The van der Waals surface area contributed by atoms with Crippen molar-refractivity contribution < 1.29 is 18.8 Å². The molecular weight excluding hydrogens is 460 g/mol. The van der Waals surface area contributed by atoms with Gasteiger partial charge in [0.15, 0.2) is 8.32 Å². The van der Waals surface area contributed by atoms with Gasteiger partial charge < -0.3 is 20.0 Å². The van der Waals surface area contributed by atoms with Crippen LogP contribution in [0.3, 0.4) is 0 Å². The van der Waals surface area contributed by atoms with Gasteiger partial charge in [-0.15, -0.1) is 0 Å². The minimum atomic E-state index is -2.03. The standard InChI is InChI=1S/C26H48N4O4Si/c1-9-10-13-27-24(32)22-21-20(16-34-35(7,8)26(4,5)6)30(21)25(33)18(15-17(2)3)28-23(31)19-12-11-14-29(19)22/h17-22H,9-16H2,1-8H3,(H,27,32)(H,28,31)/t18-,19-,20+,21-,22+,30?/m0/s1. The molecule has 35 heavy (non-hydrogen) atoms. The molecule has 3 saturated heterocycles. The zero-order valence-corrected chi connectivity index (χ0v) is 24.1. The summed E-state index contributed by atoms with van der Waals surface area (Å²) in [5, 5.41) is 6.22. The van der Waals surface area contributed by atoms with E-state index in [0.29, 0.717) is 32.5 Å². The maximum absolute atomic E-state index is 13.8. The Morgan fingerprint density at radius 1 is 1.26 bits per heavy atom. The van der Waals surface area contributed by atoms with Gasteiger partial charge in [0.1, 0.15) is 12.1 Å². The van der Waals surface area contributed by atoms with Crippen LogP contribution in [-0.4, -0.2) is 85.7 Å². The molecule has 3 heterocycles. The molecule has 9 heteroatoms. The fraction of sp³-hybridized carbons (Fsp3) is 0.885. The molecule has 3 rings (SSSR count). The Morgan fingerprint density at radius 2 is 1.94 bits per heavy atom. The van der Waals surface area contributed by atoms with Crippen LogP contribution < -0.4 is 10.6 Å². The van der Waals surface area contributed by atoms with Crippen molar-refractivity contribution in [2.75, 3.05) is 19.7 Å². The summed E-state index contributed by atoms with van der Waals surface area (Å²) in [6.07, 6.45) is 4.07. The Kier molecular flexibility index (Phi) is 8.75. The highest BCUT2D eigenvalue weighted by Gasteiger charge is 2.62. The molecule has 5 atom stereocenters. The fourth-order valence-corrected chi connectivity index (χ4v) is 6.22. The lowest BCUT2D eigenvalue weighted by molar-refractivity contribution is -0.134. The quantitative estimate of drug-likeness (QED) is 0.284. The van der Waals surface area contributed by atoms with Crippen LogP contribution >= 0.6 is 0 Å². The van der Waals surface area contributed by atoms with Gasteiger partial charge in [0.05, 0.1) is 24.7 Å². The lowest BCUT2D eigenvalue weighted by Gasteiger charge is -2.36. The Labute approximate surface area is 213 Å². The first-order valence-corrected chi connectivity index (χ1v) is 16.5. The summed E-state index contributed by atoms with van der Waals surface area (Å²) < 4.78 is 6.55. The van der Waals surface area contributed by atoms with Crippen molar-refractivity contribution in [3.05, 3.63) is 0 Å². The monoisotopic (exact) mass is 508 g/mol. The molecule has 0 aromatic heterocycles. The summed E-state index contributed by atoms with van der Waals surface area (Å²) in [5.41, 5.74) is 0. The zero-order chi connectivity index (χ0) is 26.1. The van der Waals surface area contributed by atoms with Crippen LogP contribution in [0.25, 0.3) is 0 Å². The third-order valence-electron chi connectivity index (χ3n) is 8.36. The molecule has 0 radical (unpaired) electrons. The zero-order valence-electron chi connectivity index (χ0n) is 23.1. The minimum absolute atomic E-state index is 0.0583. The van der Waals surface area contributed by atoms with Gasteiger partial charge in [-0.2, -0.15) is 0 Å². The summed E-state index contributed by atoms with van der Waals surface area (Å²) in [4.78, 5) is 44.5. The Balaban J connectivity index is 1.93. The van der Waals surface area contributed by atoms with Gasteiger partial charge in [-0.25, -0.2) is 0 Å². The minimum Gasteiger partial charge on any atom is -0.415 e. The van der Waals surface area contributed by atoms with E-state index < -0.39 is 20.4 Å². The van der Waals surface area contributed by atoms with Crippen molar-refractivity contribution >= 4 is 26.0 Å². The highest BCUT2D eigenvalue weighted by atomic mass is 28.4. The first-order chi connectivity index (χ1) is 16.3. The molecule has 0 saturated carbocycles. The van der Waals surface area contributed by atoms with E-state index in [4.69, 9.17) is 4.43 Å². The Bertz CT molecular complexity index is 797. The summed E-state index contributed by atoms with van der Waals surface area (Å²) in [7, 11) is -2.03. The van der Waals surface area contributed by atoms with Gasteiger partial charge >= 0.3 is 0 Å². The molecule has 3 fully saturated rings. The molecule has 2 N–H and O–H groups in total. The largest absolute Gasteiger partial charge is 0.415 e. The van der Waals surface area contributed by atoms with E-state index in [9.17, 15) is 14.4 Å². The van der Waals surface area contributed by atoms with Crippen molar-refractivity contribution in [3.8, 4) is 0 Å². The van der Waals surface area contributed by atoms with E-state index in [1.165, 1.54) is 0 Å². The van der Waals surface area contributed by atoms with E-state index >= 15 is 0 Å². The van der Waals surface area contributed by atoms with Crippen LogP contribution in [0.15, 0.2) is 0 Å². The Morgan fingerprint density at radius 3 is 2.54 bits per heavy atom. The molecule has 200 valence electrons. The second-order valence-electron chi connectivity index (χ2n) is 12.6. The third kappa shape index (κ3) is 6.10. The predicted molar refractivity (Wildman–Crippen MR) is 140 cm³/mol. The molecule has 0 aromatic carbocycles. The fourth-order valence-electron chi connectivity index (χ4n) is 5.20. The second kappa shape index (κ2) is 10.9. The molecule has 0 aromatic rings. The Hall–Kier alpha value is -1.45. The number of amides is 3. The van der Waals surface area contributed by atoms with Gasteiger partial charge in [0.2, 0.25) is 17.7 Å². The van der Waals surface area contributed by atoms with Gasteiger partial charge in [-0.3, -0.25) is 19.3 Å². The second-order valence-corrected chi connectivity index (χ2v) is 17.4. The lowest BCUT2D eigenvalue weighted by Crippen LogP contribution is -2.56. The van der Waals surface area contributed by atoms with Gasteiger partial charge in [0, 0.05) is 6.54 Å². The van der Waals surface area contributed by atoms with Gasteiger partial charge in [-0.1, -0.05) is 48.0 Å². The van der Waals surface area contributed by atoms with Crippen molar-refractivity contribution in [2.24, 2.45) is 5.92 Å².